The van der Waals surface area contributed by atoms with Gasteiger partial charge >= 0.3 is 0 Å². The Bertz CT molecular complexity index is 1440. The molecule has 1 N–H and O–H groups in total. The Labute approximate surface area is 198 Å². The quantitative estimate of drug-likeness (QED) is 0.340. The van der Waals surface area contributed by atoms with Crippen molar-refractivity contribution in [3.05, 3.63) is 70.2 Å². The Balaban J connectivity index is 1.27. The molecule has 0 spiro atoms. The Kier molecular flexibility index (Phi) is 5.57. The Morgan fingerprint density at radius 3 is 2.58 bits per heavy atom. The molecule has 4 heterocycles. The second-order valence-corrected chi connectivity index (χ2v) is 10.9. The number of amides is 1. The van der Waals surface area contributed by atoms with Crippen LogP contribution < -0.4 is 4.73 Å². The van der Waals surface area contributed by atoms with E-state index in [9.17, 15) is 18.4 Å². The van der Waals surface area contributed by atoms with Crippen LogP contribution in [0.1, 0.15) is 9.80 Å². The summed E-state index contributed by atoms with van der Waals surface area (Å²) >= 11 is 7.24. The van der Waals surface area contributed by atoms with Crippen molar-refractivity contribution in [3.63, 3.8) is 0 Å². The van der Waals surface area contributed by atoms with Crippen LogP contribution in [-0.4, -0.2) is 59.7 Å². The number of aromatic amines is 1. The van der Waals surface area contributed by atoms with Gasteiger partial charge in [-0.2, -0.15) is 9.04 Å². The van der Waals surface area contributed by atoms with Crippen LogP contribution >= 0.6 is 22.9 Å². The van der Waals surface area contributed by atoms with E-state index in [4.69, 9.17) is 11.6 Å². The van der Waals surface area contributed by atoms with Crippen molar-refractivity contribution in [3.8, 4) is 10.4 Å². The highest BCUT2D eigenvalue weighted by molar-refractivity contribution is 7.89. The van der Waals surface area contributed by atoms with Gasteiger partial charge in [0.25, 0.3) is 15.9 Å². The summed E-state index contributed by atoms with van der Waals surface area (Å²) in [6.07, 6.45) is 4.38. The second kappa shape index (κ2) is 8.41. The zero-order chi connectivity index (χ0) is 23.2. The van der Waals surface area contributed by atoms with E-state index in [-0.39, 0.29) is 37.1 Å². The number of halogens is 1. The van der Waals surface area contributed by atoms with Gasteiger partial charge in [-0.05, 0) is 24.3 Å². The summed E-state index contributed by atoms with van der Waals surface area (Å²) in [6, 6.07) is 10.0. The van der Waals surface area contributed by atoms with Crippen LogP contribution in [0.3, 0.4) is 0 Å². The molecule has 1 fully saturated rings. The first-order chi connectivity index (χ1) is 15.8. The summed E-state index contributed by atoms with van der Waals surface area (Å²) in [7, 11) is -3.73. The lowest BCUT2D eigenvalue weighted by Crippen LogP contribution is -2.50. The summed E-state index contributed by atoms with van der Waals surface area (Å²) in [5.41, 5.74) is 1.49. The van der Waals surface area contributed by atoms with Crippen LogP contribution in [-0.2, 0) is 10.0 Å². The highest BCUT2D eigenvalue weighted by Crippen LogP contribution is 2.27. The molecule has 1 aliphatic rings. The van der Waals surface area contributed by atoms with Gasteiger partial charge in [0.05, 0.1) is 4.88 Å². The highest BCUT2D eigenvalue weighted by Gasteiger charge is 2.32. The SMILES string of the molecule is O=C(c1ncc(-c2cc[n+]([O-])cc2)s1)N1CCN(S(=O)(=O)c2cc3cc(Cl)ccc3[nH]2)CC1. The van der Waals surface area contributed by atoms with Gasteiger partial charge < -0.3 is 15.1 Å². The molecule has 1 aliphatic heterocycles. The molecule has 1 aromatic carbocycles. The van der Waals surface area contributed by atoms with E-state index in [1.807, 2.05) is 0 Å². The van der Waals surface area contributed by atoms with E-state index in [2.05, 4.69) is 9.97 Å². The number of rotatable bonds is 4. The van der Waals surface area contributed by atoms with Crippen molar-refractivity contribution in [1.29, 1.82) is 0 Å². The third-order valence-electron chi connectivity index (χ3n) is 5.48. The van der Waals surface area contributed by atoms with Crippen molar-refractivity contribution < 1.29 is 17.9 Å². The Hall–Kier alpha value is -2.99. The summed E-state index contributed by atoms with van der Waals surface area (Å²) in [5, 5.41) is 12.9. The molecule has 0 saturated carbocycles. The predicted molar refractivity (Wildman–Crippen MR) is 124 cm³/mol. The summed E-state index contributed by atoms with van der Waals surface area (Å²) in [4.78, 5) is 22.5. The number of nitrogens with zero attached hydrogens (tertiary/aromatic N) is 4. The molecule has 1 amide bonds. The van der Waals surface area contributed by atoms with Gasteiger partial charge in [-0.25, -0.2) is 13.4 Å². The van der Waals surface area contributed by atoms with Gasteiger partial charge in [0, 0.05) is 66.0 Å². The summed E-state index contributed by atoms with van der Waals surface area (Å²) in [6.45, 7) is 0.899. The predicted octanol–water partition coefficient (Wildman–Crippen LogP) is 2.72. The molecule has 9 nitrogen and oxygen atoms in total. The van der Waals surface area contributed by atoms with E-state index in [0.29, 0.717) is 20.3 Å². The fourth-order valence-electron chi connectivity index (χ4n) is 3.71. The zero-order valence-corrected chi connectivity index (χ0v) is 19.5. The molecule has 33 heavy (non-hydrogen) atoms. The van der Waals surface area contributed by atoms with Crippen molar-refractivity contribution >= 4 is 49.8 Å². The average molecular weight is 504 g/mol. The van der Waals surface area contributed by atoms with Gasteiger partial charge in [-0.15, -0.1) is 11.3 Å². The average Bonchev–Trinajstić information content (AvgIpc) is 3.47. The van der Waals surface area contributed by atoms with Crippen LogP contribution in [0.5, 0.6) is 0 Å². The second-order valence-electron chi connectivity index (χ2n) is 7.54. The largest absolute Gasteiger partial charge is 0.619 e. The van der Waals surface area contributed by atoms with Crippen LogP contribution in [0.25, 0.3) is 21.3 Å². The molecule has 0 radical (unpaired) electrons. The van der Waals surface area contributed by atoms with Crippen LogP contribution in [0, 0.1) is 5.21 Å². The van der Waals surface area contributed by atoms with E-state index in [1.54, 1.807) is 47.5 Å². The Morgan fingerprint density at radius 1 is 1.12 bits per heavy atom. The van der Waals surface area contributed by atoms with E-state index < -0.39 is 10.0 Å². The molecule has 0 aliphatic carbocycles. The van der Waals surface area contributed by atoms with Crippen molar-refractivity contribution in [2.45, 2.75) is 5.03 Å². The van der Waals surface area contributed by atoms with E-state index >= 15 is 0 Å². The zero-order valence-electron chi connectivity index (χ0n) is 17.1. The lowest BCUT2D eigenvalue weighted by atomic mass is 10.2. The van der Waals surface area contributed by atoms with E-state index in [1.165, 1.54) is 28.0 Å². The number of hydrogen-bond acceptors (Lipinski definition) is 6. The van der Waals surface area contributed by atoms with Crippen molar-refractivity contribution in [1.82, 2.24) is 19.2 Å². The maximum absolute atomic E-state index is 13.1. The lowest BCUT2D eigenvalue weighted by Gasteiger charge is -2.33. The number of hydrogen-bond donors (Lipinski definition) is 1. The van der Waals surface area contributed by atoms with Crippen molar-refractivity contribution in [2.75, 3.05) is 26.2 Å². The molecule has 170 valence electrons. The fourth-order valence-corrected chi connectivity index (χ4v) is 6.21. The molecule has 4 aromatic rings. The van der Waals surface area contributed by atoms with Crippen LogP contribution in [0.15, 0.2) is 60.0 Å². The number of pyridine rings is 1. The molecule has 12 heteroatoms. The minimum atomic E-state index is -3.73. The van der Waals surface area contributed by atoms with Gasteiger partial charge in [0.1, 0.15) is 5.03 Å². The minimum absolute atomic E-state index is 0.103. The topological polar surface area (TPSA) is 113 Å². The van der Waals surface area contributed by atoms with Gasteiger partial charge in [-0.3, -0.25) is 4.79 Å². The molecular weight excluding hydrogens is 486 g/mol. The number of nitrogens with one attached hydrogen (secondary N) is 1. The minimum Gasteiger partial charge on any atom is -0.619 e. The van der Waals surface area contributed by atoms with Gasteiger partial charge in [0.2, 0.25) is 0 Å². The van der Waals surface area contributed by atoms with Gasteiger partial charge in [0.15, 0.2) is 17.4 Å². The molecule has 1 saturated heterocycles. The number of thiazole rings is 1. The molecule has 0 bridgehead atoms. The van der Waals surface area contributed by atoms with Crippen LogP contribution in [0.4, 0.5) is 0 Å². The highest BCUT2D eigenvalue weighted by atomic mass is 35.5. The summed E-state index contributed by atoms with van der Waals surface area (Å²) in [5.74, 6) is -0.238. The molecule has 3 aromatic heterocycles. The molecule has 0 atom stereocenters. The smallest absolute Gasteiger partial charge is 0.282 e. The normalized spacial score (nSPS) is 15.2. The first-order valence-corrected chi connectivity index (χ1v) is 12.7. The lowest BCUT2D eigenvalue weighted by molar-refractivity contribution is -0.605. The molecule has 5 rings (SSSR count). The number of carbonyl (C=O) groups is 1. The number of sulfonamides is 1. The number of H-pyrrole nitrogens is 1. The van der Waals surface area contributed by atoms with E-state index in [0.717, 1.165) is 15.8 Å². The monoisotopic (exact) mass is 503 g/mol. The third kappa shape index (κ3) is 4.20. The molecular formula is C21H18ClN5O4S2. The van der Waals surface area contributed by atoms with Crippen molar-refractivity contribution in [2.24, 2.45) is 0 Å². The molecule has 0 unspecified atom stereocenters. The fraction of sp³-hybridized carbons (Fsp3) is 0.190. The Morgan fingerprint density at radius 2 is 1.85 bits per heavy atom. The number of piperazine rings is 1. The summed E-state index contributed by atoms with van der Waals surface area (Å²) < 4.78 is 28.3. The third-order valence-corrected chi connectivity index (χ3v) is 8.57. The number of aromatic nitrogens is 3. The number of carbonyl (C=O) groups excluding carboxylic acids is 1. The van der Waals surface area contributed by atoms with Gasteiger partial charge in [-0.1, -0.05) is 11.6 Å². The maximum Gasteiger partial charge on any atom is 0.282 e. The number of benzene rings is 1. The number of fused-ring (bicyclic) bond motifs is 1. The van der Waals surface area contributed by atoms with Crippen LogP contribution in [0.2, 0.25) is 5.02 Å². The maximum atomic E-state index is 13.1. The first kappa shape index (κ1) is 21.8. The standard InChI is InChI=1S/C21H18ClN5O4S2/c22-16-1-2-17-15(11-16)12-19(24-17)33(30,31)27-9-7-25(8-10-27)21(28)20-23-13-18(32-20)14-3-5-26(29)6-4-14/h1-6,11-13,24H,7-10H2. The first-order valence-electron chi connectivity index (χ1n) is 10.0.